The summed E-state index contributed by atoms with van der Waals surface area (Å²) in [5.41, 5.74) is 0. The monoisotopic (exact) mass is 289 g/mol. The largest absolute Gasteiger partial charge is 0.316 e. The van der Waals surface area contributed by atoms with Gasteiger partial charge < -0.3 is 10.6 Å². The molecule has 7 heteroatoms. The molecular formula is C11H19N3O2S2. The topological polar surface area (TPSA) is 71.1 Å². The molecule has 1 fully saturated rings. The minimum absolute atomic E-state index is 0.108. The Morgan fingerprint density at radius 1 is 1.50 bits per heavy atom. The second kappa shape index (κ2) is 6.60. The van der Waals surface area contributed by atoms with Crippen LogP contribution in [0.3, 0.4) is 0 Å². The first-order chi connectivity index (χ1) is 8.66. The van der Waals surface area contributed by atoms with E-state index in [1.165, 1.54) is 0 Å². The lowest BCUT2D eigenvalue weighted by Gasteiger charge is -2.23. The first-order valence-electron chi connectivity index (χ1n) is 6.19. The van der Waals surface area contributed by atoms with Crippen LogP contribution in [0.2, 0.25) is 0 Å². The van der Waals surface area contributed by atoms with E-state index in [9.17, 15) is 8.42 Å². The molecule has 0 spiro atoms. The van der Waals surface area contributed by atoms with Gasteiger partial charge in [-0.3, -0.25) is 0 Å². The van der Waals surface area contributed by atoms with Gasteiger partial charge in [0.05, 0.1) is 16.5 Å². The van der Waals surface area contributed by atoms with Gasteiger partial charge in [0.15, 0.2) is 9.84 Å². The number of nitrogens with zero attached hydrogens (tertiary/aromatic N) is 1. The second-order valence-electron chi connectivity index (χ2n) is 4.48. The third-order valence-electron chi connectivity index (χ3n) is 2.97. The SMILES string of the molecule is O=S1(=O)CCNC(CCNCCc2nccs2)C1. The van der Waals surface area contributed by atoms with Crippen LogP contribution in [-0.2, 0) is 16.3 Å². The van der Waals surface area contributed by atoms with Gasteiger partial charge in [-0.05, 0) is 13.0 Å². The van der Waals surface area contributed by atoms with Crippen LogP contribution < -0.4 is 10.6 Å². The van der Waals surface area contributed by atoms with Crippen LogP contribution in [0.5, 0.6) is 0 Å². The standard InChI is InChI=1S/C11H19N3O2S2/c15-18(16)8-6-13-10(9-18)1-3-12-4-2-11-14-5-7-17-11/h5,7,10,12-13H,1-4,6,8-9H2. The molecule has 2 heterocycles. The molecule has 1 aromatic rings. The van der Waals surface area contributed by atoms with Crippen molar-refractivity contribution in [2.75, 3.05) is 31.1 Å². The molecule has 0 aromatic carbocycles. The minimum Gasteiger partial charge on any atom is -0.316 e. The number of sulfone groups is 1. The summed E-state index contributed by atoms with van der Waals surface area (Å²) in [6.45, 7) is 2.33. The lowest BCUT2D eigenvalue weighted by Crippen LogP contribution is -2.46. The first kappa shape index (κ1) is 13.9. The molecular weight excluding hydrogens is 270 g/mol. The summed E-state index contributed by atoms with van der Waals surface area (Å²) in [4.78, 5) is 4.21. The minimum atomic E-state index is -2.81. The molecule has 0 amide bonds. The van der Waals surface area contributed by atoms with E-state index in [4.69, 9.17) is 0 Å². The van der Waals surface area contributed by atoms with Gasteiger partial charge in [0, 0.05) is 37.1 Å². The van der Waals surface area contributed by atoms with Crippen LogP contribution in [0.25, 0.3) is 0 Å². The fraction of sp³-hybridized carbons (Fsp3) is 0.727. The second-order valence-corrected chi connectivity index (χ2v) is 7.69. The molecule has 0 radical (unpaired) electrons. The van der Waals surface area contributed by atoms with E-state index in [-0.39, 0.29) is 17.5 Å². The zero-order valence-electron chi connectivity index (χ0n) is 10.3. The molecule has 1 unspecified atom stereocenters. The zero-order valence-corrected chi connectivity index (χ0v) is 11.9. The quantitative estimate of drug-likeness (QED) is 0.724. The number of nitrogens with one attached hydrogen (secondary N) is 2. The molecule has 1 atom stereocenters. The average Bonchev–Trinajstić information content (AvgIpc) is 2.80. The summed E-state index contributed by atoms with van der Waals surface area (Å²) in [5.74, 6) is 0.558. The van der Waals surface area contributed by atoms with Crippen molar-refractivity contribution in [1.29, 1.82) is 0 Å². The van der Waals surface area contributed by atoms with Gasteiger partial charge in [-0.25, -0.2) is 13.4 Å². The number of aromatic nitrogens is 1. The van der Waals surface area contributed by atoms with Gasteiger partial charge in [-0.15, -0.1) is 11.3 Å². The number of hydrogen-bond acceptors (Lipinski definition) is 6. The van der Waals surface area contributed by atoms with Crippen LogP contribution in [0.1, 0.15) is 11.4 Å². The molecule has 18 heavy (non-hydrogen) atoms. The van der Waals surface area contributed by atoms with Crippen molar-refractivity contribution in [3.05, 3.63) is 16.6 Å². The molecule has 2 N–H and O–H groups in total. The van der Waals surface area contributed by atoms with E-state index in [1.54, 1.807) is 11.3 Å². The lowest BCUT2D eigenvalue weighted by atomic mass is 10.2. The highest BCUT2D eigenvalue weighted by Gasteiger charge is 2.23. The van der Waals surface area contributed by atoms with E-state index in [1.807, 2.05) is 11.6 Å². The van der Waals surface area contributed by atoms with Crippen LogP contribution in [0, 0.1) is 0 Å². The van der Waals surface area contributed by atoms with Gasteiger partial charge in [0.2, 0.25) is 0 Å². The Kier molecular flexibility index (Phi) is 5.11. The summed E-state index contributed by atoms with van der Waals surface area (Å²) in [5, 5.41) is 9.70. The van der Waals surface area contributed by atoms with Gasteiger partial charge in [0.25, 0.3) is 0 Å². The van der Waals surface area contributed by atoms with Crippen LogP contribution in [0.15, 0.2) is 11.6 Å². The van der Waals surface area contributed by atoms with Crippen molar-refractivity contribution in [2.24, 2.45) is 0 Å². The highest BCUT2D eigenvalue weighted by Crippen LogP contribution is 2.05. The maximum absolute atomic E-state index is 11.4. The normalized spacial score (nSPS) is 23.0. The van der Waals surface area contributed by atoms with Crippen molar-refractivity contribution in [1.82, 2.24) is 15.6 Å². The maximum Gasteiger partial charge on any atom is 0.153 e. The fourth-order valence-corrected chi connectivity index (χ4v) is 4.14. The van der Waals surface area contributed by atoms with Gasteiger partial charge >= 0.3 is 0 Å². The van der Waals surface area contributed by atoms with Crippen molar-refractivity contribution < 1.29 is 8.42 Å². The molecule has 1 aromatic heterocycles. The molecule has 102 valence electrons. The average molecular weight is 289 g/mol. The third kappa shape index (κ3) is 4.64. The number of rotatable bonds is 6. The van der Waals surface area contributed by atoms with Crippen molar-refractivity contribution in [3.8, 4) is 0 Å². The van der Waals surface area contributed by atoms with E-state index < -0.39 is 9.84 Å². The Balaban J connectivity index is 1.58. The number of thiazole rings is 1. The summed E-state index contributed by atoms with van der Waals surface area (Å²) >= 11 is 1.67. The molecule has 0 aliphatic carbocycles. The van der Waals surface area contributed by atoms with Crippen LogP contribution in [0.4, 0.5) is 0 Å². The maximum atomic E-state index is 11.4. The zero-order chi connectivity index (χ0) is 12.8. The molecule has 0 bridgehead atoms. The van der Waals surface area contributed by atoms with E-state index in [2.05, 4.69) is 15.6 Å². The summed E-state index contributed by atoms with van der Waals surface area (Å²) in [7, 11) is -2.81. The molecule has 1 aliphatic heterocycles. The van der Waals surface area contributed by atoms with Gasteiger partial charge in [-0.1, -0.05) is 0 Å². The lowest BCUT2D eigenvalue weighted by molar-refractivity contribution is 0.480. The van der Waals surface area contributed by atoms with Gasteiger partial charge in [0.1, 0.15) is 0 Å². The van der Waals surface area contributed by atoms with Gasteiger partial charge in [-0.2, -0.15) is 0 Å². The van der Waals surface area contributed by atoms with Crippen molar-refractivity contribution in [3.63, 3.8) is 0 Å². The molecule has 2 rings (SSSR count). The Labute approximate surface area is 112 Å². The summed E-state index contributed by atoms with van der Waals surface area (Å²) in [6, 6.07) is 0.108. The first-order valence-corrected chi connectivity index (χ1v) is 8.89. The third-order valence-corrected chi connectivity index (χ3v) is 5.55. The van der Waals surface area contributed by atoms with E-state index in [0.717, 1.165) is 30.9 Å². The molecule has 1 aliphatic rings. The Morgan fingerprint density at radius 3 is 3.11 bits per heavy atom. The van der Waals surface area contributed by atoms with E-state index in [0.29, 0.717) is 6.54 Å². The Hall–Kier alpha value is -0.500. The fourth-order valence-electron chi connectivity index (χ4n) is 2.03. The van der Waals surface area contributed by atoms with Crippen LogP contribution >= 0.6 is 11.3 Å². The highest BCUT2D eigenvalue weighted by molar-refractivity contribution is 7.91. The molecule has 0 saturated carbocycles. The number of hydrogen-bond donors (Lipinski definition) is 2. The van der Waals surface area contributed by atoms with Crippen molar-refractivity contribution in [2.45, 2.75) is 18.9 Å². The highest BCUT2D eigenvalue weighted by atomic mass is 32.2. The van der Waals surface area contributed by atoms with E-state index >= 15 is 0 Å². The van der Waals surface area contributed by atoms with Crippen LogP contribution in [-0.4, -0.2) is 50.6 Å². The predicted octanol–water partition coefficient (Wildman–Crippen LogP) is 0.0519. The summed E-state index contributed by atoms with van der Waals surface area (Å²) < 4.78 is 22.9. The molecule has 5 nitrogen and oxygen atoms in total. The predicted molar refractivity (Wildman–Crippen MR) is 73.7 cm³/mol. The Morgan fingerprint density at radius 2 is 2.39 bits per heavy atom. The molecule has 1 saturated heterocycles. The Bertz CT molecular complexity index is 445. The van der Waals surface area contributed by atoms with Crippen molar-refractivity contribution >= 4 is 21.2 Å². The smallest absolute Gasteiger partial charge is 0.153 e. The summed E-state index contributed by atoms with van der Waals surface area (Å²) in [6.07, 6.45) is 3.61.